The van der Waals surface area contributed by atoms with E-state index in [4.69, 9.17) is 4.74 Å². The molecule has 1 amide bonds. The van der Waals surface area contributed by atoms with Gasteiger partial charge in [0.2, 0.25) is 0 Å². The molecular formula is C17H12N2O3. The number of rotatable bonds is 1. The molecule has 2 aromatic rings. The molecule has 0 bridgehead atoms. The Labute approximate surface area is 127 Å². The maximum atomic E-state index is 11.6. The van der Waals surface area contributed by atoms with Gasteiger partial charge < -0.3 is 4.74 Å². The van der Waals surface area contributed by atoms with Crippen LogP contribution in [0.15, 0.2) is 77.1 Å². The third-order valence-corrected chi connectivity index (χ3v) is 3.23. The van der Waals surface area contributed by atoms with Crippen LogP contribution in [0.25, 0.3) is 0 Å². The molecule has 108 valence electrons. The van der Waals surface area contributed by atoms with E-state index >= 15 is 0 Å². The van der Waals surface area contributed by atoms with Crippen molar-refractivity contribution in [2.75, 3.05) is 0 Å². The highest BCUT2D eigenvalue weighted by atomic mass is 16.5. The van der Waals surface area contributed by atoms with Gasteiger partial charge in [0.15, 0.2) is 6.10 Å². The number of esters is 1. The van der Waals surface area contributed by atoms with E-state index in [1.165, 1.54) is 12.3 Å². The summed E-state index contributed by atoms with van der Waals surface area (Å²) in [6.45, 7) is 0. The highest BCUT2D eigenvalue weighted by Crippen LogP contribution is 2.35. The van der Waals surface area contributed by atoms with Crippen LogP contribution in [0.3, 0.4) is 0 Å². The fraction of sp³-hybridized carbons (Fsp3) is 0.0588. The van der Waals surface area contributed by atoms with Crippen LogP contribution in [0.2, 0.25) is 0 Å². The molecule has 0 aliphatic carbocycles. The minimum absolute atomic E-state index is 0.232. The van der Waals surface area contributed by atoms with Crippen molar-refractivity contribution < 1.29 is 14.3 Å². The van der Waals surface area contributed by atoms with Crippen LogP contribution in [0.5, 0.6) is 0 Å². The van der Waals surface area contributed by atoms with Gasteiger partial charge in [-0.05, 0) is 11.6 Å². The zero-order chi connectivity index (χ0) is 15.4. The average Bonchev–Trinajstić information content (AvgIpc) is 3.17. The fourth-order valence-corrected chi connectivity index (χ4v) is 2.24. The van der Waals surface area contributed by atoms with Crippen molar-refractivity contribution in [3.8, 4) is 0 Å². The molecule has 0 spiro atoms. The molecule has 0 saturated heterocycles. The van der Waals surface area contributed by atoms with Gasteiger partial charge in [0.25, 0.3) is 5.91 Å². The summed E-state index contributed by atoms with van der Waals surface area (Å²) in [5, 5.41) is 6.37. The molecule has 0 N–H and O–H groups in total. The summed E-state index contributed by atoms with van der Waals surface area (Å²) in [6.07, 6.45) is 2.42. The highest BCUT2D eigenvalue weighted by molar-refractivity contribution is 5.94. The summed E-state index contributed by atoms with van der Waals surface area (Å²) in [7, 11) is 0. The van der Waals surface area contributed by atoms with Gasteiger partial charge in [-0.3, -0.25) is 4.79 Å². The summed E-state index contributed by atoms with van der Waals surface area (Å²) in [5.41, 5.74) is 2.65. The minimum Gasteiger partial charge on any atom is -0.449 e. The predicted octanol–water partition coefficient (Wildman–Crippen LogP) is 3.44. The van der Waals surface area contributed by atoms with Crippen LogP contribution >= 0.6 is 0 Å². The number of hydrogen-bond acceptors (Lipinski definition) is 4. The maximum absolute atomic E-state index is 11.6. The van der Waals surface area contributed by atoms with Crippen LogP contribution in [-0.2, 0) is 9.53 Å². The predicted molar refractivity (Wildman–Crippen MR) is 79.1 cm³/mol. The molecule has 4 rings (SSSR count). The molecule has 0 radical (unpaired) electrons. The number of cyclic esters (lactones) is 1. The average molecular weight is 292 g/mol. The number of ether oxygens (including phenoxy) is 1. The summed E-state index contributed by atoms with van der Waals surface area (Å²) in [6, 6.07) is 17.3. The third kappa shape index (κ3) is 2.83. The van der Waals surface area contributed by atoms with Gasteiger partial charge in [-0.25, -0.2) is 4.79 Å². The quantitative estimate of drug-likeness (QED) is 0.756. The normalized spacial score (nSPS) is 17.7. The van der Waals surface area contributed by atoms with Crippen molar-refractivity contribution >= 4 is 11.9 Å². The molecule has 2 aliphatic rings. The Balaban J connectivity index is 0.000000202. The topological polar surface area (TPSA) is 68.1 Å². The monoisotopic (exact) mass is 292 g/mol. The lowest BCUT2D eigenvalue weighted by Crippen LogP contribution is -1.99. The zero-order valence-electron chi connectivity index (χ0n) is 11.5. The summed E-state index contributed by atoms with van der Waals surface area (Å²) >= 11 is 0. The largest absolute Gasteiger partial charge is 0.449 e. The zero-order valence-corrected chi connectivity index (χ0v) is 11.5. The van der Waals surface area contributed by atoms with Crippen LogP contribution in [0.4, 0.5) is 0 Å². The van der Waals surface area contributed by atoms with Crippen molar-refractivity contribution in [1.29, 1.82) is 0 Å². The van der Waals surface area contributed by atoms with E-state index < -0.39 is 0 Å². The molecule has 2 heterocycles. The second-order valence-corrected chi connectivity index (χ2v) is 4.65. The Kier molecular flexibility index (Phi) is 3.87. The first-order valence-corrected chi connectivity index (χ1v) is 6.72. The number of amides is 1. The molecule has 2 aromatic carbocycles. The number of azo groups is 1. The smallest absolute Gasteiger partial charge is 0.339 e. The standard InChI is InChI=1S/C14H10O2.C3H2N2O/c15-14-12-9-5-4-8-11(12)13(16-14)10-6-2-1-3-7-10;6-3-1-2-4-5-3/h1-9,13H;1-2H. The number of nitrogens with zero attached hydrogens (tertiary/aromatic N) is 2. The van der Waals surface area contributed by atoms with Gasteiger partial charge in [0.05, 0.1) is 11.8 Å². The number of fused-ring (bicyclic) bond motifs is 1. The Morgan fingerprint density at radius 1 is 0.909 bits per heavy atom. The molecule has 0 saturated carbocycles. The molecule has 1 atom stereocenters. The van der Waals surface area contributed by atoms with Gasteiger partial charge in [-0.2, -0.15) is 5.11 Å². The molecule has 5 heteroatoms. The lowest BCUT2D eigenvalue weighted by Gasteiger charge is -2.10. The molecule has 0 aromatic heterocycles. The Bertz CT molecular complexity index is 752. The number of hydrogen-bond donors (Lipinski definition) is 0. The summed E-state index contributed by atoms with van der Waals surface area (Å²) in [5.74, 6) is -0.501. The first-order chi connectivity index (χ1) is 10.8. The van der Waals surface area contributed by atoms with Crippen molar-refractivity contribution in [2.24, 2.45) is 10.2 Å². The first kappa shape index (κ1) is 13.9. The second kappa shape index (κ2) is 6.13. The Hall–Kier alpha value is -3.08. The Morgan fingerprint density at radius 2 is 1.64 bits per heavy atom. The maximum Gasteiger partial charge on any atom is 0.339 e. The van der Waals surface area contributed by atoms with E-state index in [9.17, 15) is 9.59 Å². The van der Waals surface area contributed by atoms with E-state index in [1.54, 1.807) is 6.07 Å². The lowest BCUT2D eigenvalue weighted by atomic mass is 9.99. The second-order valence-electron chi connectivity index (χ2n) is 4.65. The third-order valence-electron chi connectivity index (χ3n) is 3.23. The van der Waals surface area contributed by atoms with E-state index in [-0.39, 0.29) is 18.0 Å². The number of benzene rings is 2. The van der Waals surface area contributed by atoms with Crippen molar-refractivity contribution in [3.05, 3.63) is 83.6 Å². The van der Waals surface area contributed by atoms with Crippen LogP contribution in [-0.4, -0.2) is 11.9 Å². The van der Waals surface area contributed by atoms with Crippen molar-refractivity contribution in [1.82, 2.24) is 0 Å². The van der Waals surface area contributed by atoms with Crippen LogP contribution < -0.4 is 0 Å². The van der Waals surface area contributed by atoms with Gasteiger partial charge in [-0.1, -0.05) is 48.5 Å². The summed E-state index contributed by atoms with van der Waals surface area (Å²) < 4.78 is 5.38. The van der Waals surface area contributed by atoms with Gasteiger partial charge in [-0.15, -0.1) is 5.11 Å². The lowest BCUT2D eigenvalue weighted by molar-refractivity contribution is -0.113. The van der Waals surface area contributed by atoms with Crippen molar-refractivity contribution in [2.45, 2.75) is 6.10 Å². The first-order valence-electron chi connectivity index (χ1n) is 6.72. The van der Waals surface area contributed by atoms with E-state index in [2.05, 4.69) is 10.2 Å². The molecule has 1 unspecified atom stereocenters. The molecular weight excluding hydrogens is 280 g/mol. The SMILES string of the molecule is O=C1C=CN=N1.O=C1OC(c2ccccc2)c2ccccc21. The van der Waals surface area contributed by atoms with Gasteiger partial charge >= 0.3 is 5.97 Å². The number of carbonyl (C=O) groups excluding carboxylic acids is 2. The van der Waals surface area contributed by atoms with Gasteiger partial charge in [0, 0.05) is 11.6 Å². The van der Waals surface area contributed by atoms with E-state index in [1.807, 2.05) is 48.5 Å². The number of carbonyl (C=O) groups is 2. The minimum atomic E-state index is -0.269. The van der Waals surface area contributed by atoms with Crippen LogP contribution in [0, 0.1) is 0 Å². The molecule has 2 aliphatic heterocycles. The molecule has 5 nitrogen and oxygen atoms in total. The Morgan fingerprint density at radius 3 is 2.27 bits per heavy atom. The van der Waals surface area contributed by atoms with Gasteiger partial charge in [0.1, 0.15) is 0 Å². The molecule has 22 heavy (non-hydrogen) atoms. The van der Waals surface area contributed by atoms with E-state index in [0.29, 0.717) is 5.56 Å². The van der Waals surface area contributed by atoms with Crippen molar-refractivity contribution in [3.63, 3.8) is 0 Å². The van der Waals surface area contributed by atoms with Crippen LogP contribution in [0.1, 0.15) is 27.6 Å². The highest BCUT2D eigenvalue weighted by Gasteiger charge is 2.31. The fourth-order valence-electron chi connectivity index (χ4n) is 2.24. The summed E-state index contributed by atoms with van der Waals surface area (Å²) in [4.78, 5) is 21.5. The van der Waals surface area contributed by atoms with E-state index in [0.717, 1.165) is 11.1 Å². The molecule has 0 fully saturated rings.